The second-order valence-corrected chi connectivity index (χ2v) is 19.7. The number of rotatable bonds is 11. The molecule has 2 atom stereocenters. The number of alkyl halides is 8. The number of carbonyl (C=O) groups is 2. The van der Waals surface area contributed by atoms with Crippen LogP contribution in [-0.4, -0.2) is 89.3 Å². The van der Waals surface area contributed by atoms with E-state index in [2.05, 4.69) is 0 Å². The van der Waals surface area contributed by atoms with Gasteiger partial charge in [-0.2, -0.15) is 53.7 Å². The fraction of sp³-hybridized carbons (Fsp3) is 0.130. The standard InChI is InChI=1S/C23H11Cl3F4N2O3.C23H13Cl3F4N2O.2Na.O4S2/c24-16-5-3-14(4-6-16)22(27,23(28,29)30)15-8-18(25)17(19(26)9-15)10-21(33)12-1-2-13(11-31)20(7-12)32(34)35;24-16-5-3-14(4-6-16)22(27,23(28,29)30)15-8-18(25)17(19(26)9-15)10-21(33)12-1-2-13(11-31)20(32)7-12;;;1-5(2)6(3)4/h1-9H,10H2;1-9H,10,32H2;;;. The van der Waals surface area contributed by atoms with Gasteiger partial charge >= 0.3 is 74.5 Å². The van der Waals surface area contributed by atoms with Gasteiger partial charge in [0.05, 0.1) is 16.2 Å². The summed E-state index contributed by atoms with van der Waals surface area (Å²) in [6.45, 7) is 0. The van der Waals surface area contributed by atoms with Crippen LogP contribution in [0.25, 0.3) is 0 Å². The molecule has 0 aliphatic heterocycles. The first kappa shape index (κ1) is 65.9. The van der Waals surface area contributed by atoms with E-state index >= 15 is 8.78 Å². The summed E-state index contributed by atoms with van der Waals surface area (Å²) in [7, 11) is -5.90. The molecule has 30 heteroatoms. The van der Waals surface area contributed by atoms with Gasteiger partial charge in [-0.25, -0.2) is 8.78 Å². The van der Waals surface area contributed by atoms with E-state index in [0.717, 1.165) is 84.9 Å². The van der Waals surface area contributed by atoms with E-state index in [4.69, 9.17) is 103 Å². The van der Waals surface area contributed by atoms with Crippen molar-refractivity contribution >= 4 is 155 Å². The van der Waals surface area contributed by atoms with Crippen LogP contribution in [0.5, 0.6) is 0 Å². The molecule has 0 radical (unpaired) electrons. The Balaban J connectivity index is 0.000000351. The van der Waals surface area contributed by atoms with Crippen molar-refractivity contribution in [2.24, 2.45) is 0 Å². The van der Waals surface area contributed by atoms with Crippen LogP contribution < -0.4 is 5.73 Å². The summed E-state index contributed by atoms with van der Waals surface area (Å²) in [5, 5.41) is 27.8. The van der Waals surface area contributed by atoms with E-state index in [1.807, 2.05) is 6.07 Å². The number of hydrogen-bond acceptors (Lipinski definition) is 11. The quantitative estimate of drug-likeness (QED) is 0.0321. The summed E-state index contributed by atoms with van der Waals surface area (Å²) in [5.74, 6) is -1.21. The van der Waals surface area contributed by atoms with Gasteiger partial charge in [0.15, 0.2) is 11.6 Å². The van der Waals surface area contributed by atoms with Crippen LogP contribution in [0.15, 0.2) is 109 Å². The molecule has 6 rings (SSSR count). The van der Waals surface area contributed by atoms with Crippen molar-refractivity contribution in [3.05, 3.63) is 205 Å². The molecule has 0 fully saturated rings. The van der Waals surface area contributed by atoms with Gasteiger partial charge in [-0.15, -0.1) is 0 Å². The molecule has 0 amide bonds. The Kier molecular flexibility index (Phi) is 24.3. The minimum absolute atomic E-state index is 0.0237. The Labute approximate surface area is 486 Å². The van der Waals surface area contributed by atoms with E-state index in [1.54, 1.807) is 6.07 Å². The number of hydrogen-bond donors (Lipinski definition) is 1. The van der Waals surface area contributed by atoms with Crippen molar-refractivity contribution < 1.29 is 66.5 Å². The predicted octanol–water partition coefficient (Wildman–Crippen LogP) is 12.8. The second kappa shape index (κ2) is 28.0. The number of ketones is 2. The molecule has 0 heterocycles. The summed E-state index contributed by atoms with van der Waals surface area (Å²) in [4.78, 5) is 35.6. The monoisotopic (exact) mass is 1230 g/mol. The molecule has 0 spiro atoms. The fourth-order valence-corrected chi connectivity index (χ4v) is 8.10. The number of nitro groups is 1. The third-order valence-electron chi connectivity index (χ3n) is 10.3. The third-order valence-corrected chi connectivity index (χ3v) is 13.0. The molecule has 0 aliphatic rings. The van der Waals surface area contributed by atoms with E-state index in [-0.39, 0.29) is 65.6 Å². The van der Waals surface area contributed by atoms with Crippen LogP contribution in [0.2, 0.25) is 30.1 Å². The Bertz CT molecular complexity index is 3480. The molecule has 388 valence electrons. The van der Waals surface area contributed by atoms with Crippen molar-refractivity contribution in [2.45, 2.75) is 36.5 Å². The number of anilines is 1. The van der Waals surface area contributed by atoms with E-state index in [9.17, 15) is 46.0 Å². The topological polar surface area (TPSA) is 219 Å². The summed E-state index contributed by atoms with van der Waals surface area (Å²) < 4.78 is 151. The molecular formula is C46H24Cl6F8N4Na2O8S2. The molecule has 0 bridgehead atoms. The van der Waals surface area contributed by atoms with E-state index in [0.29, 0.717) is 0 Å². The number of nitrogens with two attached hydrogens (primary N) is 1. The summed E-state index contributed by atoms with van der Waals surface area (Å²) in [6, 6.07) is 21.8. The third kappa shape index (κ3) is 15.9. The van der Waals surface area contributed by atoms with Crippen LogP contribution in [0, 0.1) is 32.8 Å². The SMILES string of the molecule is N#Cc1ccc(C(=O)Cc2c(Cl)cc(C(F)(c3ccc(Cl)cc3)C(F)(F)F)cc2Cl)cc1N.N#Cc1ccc(C(=O)Cc2c(Cl)cc(C(F)(c3ccc(Cl)cc3)C(F)(F)F)cc2Cl)cc1[N+](=O)[O-].O=S(=O)=S(=O)=O.[Na][Na]. The molecule has 6 aromatic carbocycles. The van der Waals surface area contributed by atoms with Crippen molar-refractivity contribution in [1.82, 2.24) is 0 Å². The van der Waals surface area contributed by atoms with Gasteiger partial charge < -0.3 is 5.73 Å². The van der Waals surface area contributed by atoms with Crippen LogP contribution in [-0.2, 0) is 42.7 Å². The molecule has 2 unspecified atom stereocenters. The van der Waals surface area contributed by atoms with E-state index < -0.39 is 103 Å². The van der Waals surface area contributed by atoms with Gasteiger partial charge in [0.25, 0.3) is 17.0 Å². The molecule has 12 nitrogen and oxygen atoms in total. The first-order chi connectivity index (χ1) is 35.3. The minimum atomic E-state index is -5.40. The van der Waals surface area contributed by atoms with Gasteiger partial charge in [-0.3, -0.25) is 19.7 Å². The zero-order valence-corrected chi connectivity index (χ0v) is 48.3. The Morgan fingerprint density at radius 3 is 1.13 bits per heavy atom. The maximum absolute atomic E-state index is 15.7. The number of nitrogen functional groups attached to an aromatic ring is 1. The number of nitrogens with zero attached hydrogens (tertiary/aromatic N) is 3. The van der Waals surface area contributed by atoms with Gasteiger partial charge in [0.1, 0.15) is 17.7 Å². The molecule has 2 N–H and O–H groups in total. The van der Waals surface area contributed by atoms with Crippen LogP contribution in [0.4, 0.5) is 46.5 Å². The fourth-order valence-electron chi connectivity index (χ4n) is 6.60. The summed E-state index contributed by atoms with van der Waals surface area (Å²) in [6.07, 6.45) is -11.7. The van der Waals surface area contributed by atoms with Crippen LogP contribution in [0.3, 0.4) is 0 Å². The first-order valence-corrected chi connectivity index (χ1v) is 33.5. The zero-order chi connectivity index (χ0) is 57.8. The Morgan fingerprint density at radius 1 is 0.539 bits per heavy atom. The predicted molar refractivity (Wildman–Crippen MR) is 271 cm³/mol. The van der Waals surface area contributed by atoms with Crippen molar-refractivity contribution in [3.8, 4) is 12.1 Å². The molecule has 0 aliphatic carbocycles. The normalized spacial score (nSPS) is 12.5. The van der Waals surface area contributed by atoms with Gasteiger partial charge in [0, 0.05) is 82.4 Å². The second-order valence-electron chi connectivity index (χ2n) is 14.8. The van der Waals surface area contributed by atoms with Gasteiger partial charge in [0.2, 0.25) is 0 Å². The first-order valence-electron chi connectivity index (χ1n) is 20.6. The van der Waals surface area contributed by atoms with E-state index in [1.165, 1.54) is 67.9 Å². The molecular weight excluding hydrogens is 1210 g/mol. The van der Waals surface area contributed by atoms with Crippen molar-refractivity contribution in [2.75, 3.05) is 5.73 Å². The Hall–Kier alpha value is -4.34. The number of Topliss-reactive ketones (excluding diaryl/α,β-unsaturated/α-hetero) is 2. The average molecular weight is 1240 g/mol. The number of benzene rings is 6. The summed E-state index contributed by atoms with van der Waals surface area (Å²) >= 11 is 38.9. The van der Waals surface area contributed by atoms with Crippen LogP contribution >= 0.6 is 69.6 Å². The zero-order valence-electron chi connectivity index (χ0n) is 38.1. The number of carbonyl (C=O) groups excluding carboxylic acids is 2. The van der Waals surface area contributed by atoms with Crippen molar-refractivity contribution in [1.29, 1.82) is 10.5 Å². The van der Waals surface area contributed by atoms with Crippen LogP contribution in [0.1, 0.15) is 65.2 Å². The Morgan fingerprint density at radius 2 is 0.855 bits per heavy atom. The van der Waals surface area contributed by atoms with Gasteiger partial charge in [-0.1, -0.05) is 93.9 Å². The summed E-state index contributed by atoms with van der Waals surface area (Å²) in [5.41, 5.74) is -6.07. The molecule has 6 aromatic rings. The number of halogens is 14. The van der Waals surface area contributed by atoms with Gasteiger partial charge in [-0.05, 0) is 90.0 Å². The molecule has 0 saturated heterocycles. The molecule has 0 aromatic heterocycles. The number of nitriles is 2. The number of nitro benzene ring substituents is 1. The molecule has 0 saturated carbocycles. The van der Waals surface area contributed by atoms with Crippen molar-refractivity contribution in [3.63, 3.8) is 0 Å². The average Bonchev–Trinajstić information content (AvgIpc) is 3.35. The molecule has 76 heavy (non-hydrogen) atoms. The maximum atomic E-state index is 15.7.